The van der Waals surface area contributed by atoms with E-state index in [9.17, 15) is 9.59 Å². The Hall–Kier alpha value is -3.48. The highest BCUT2D eigenvalue weighted by Crippen LogP contribution is 2.16. The highest BCUT2D eigenvalue weighted by atomic mass is 16.2. The van der Waals surface area contributed by atoms with Crippen LogP contribution in [-0.4, -0.2) is 25.7 Å². The van der Waals surface area contributed by atoms with Gasteiger partial charge in [0.15, 0.2) is 11.2 Å². The molecule has 7 heteroatoms. The van der Waals surface area contributed by atoms with Gasteiger partial charge in [-0.3, -0.25) is 9.59 Å². The van der Waals surface area contributed by atoms with E-state index in [0.29, 0.717) is 11.0 Å². The van der Waals surface area contributed by atoms with Gasteiger partial charge >= 0.3 is 0 Å². The van der Waals surface area contributed by atoms with E-state index in [0.717, 1.165) is 12.0 Å². The Morgan fingerprint density at radius 3 is 2.67 bits per heavy atom. The topological polar surface area (TPSA) is 92.2 Å². The maximum Gasteiger partial charge on any atom is 0.277 e. The fraction of sp³-hybridized carbons (Fsp3) is 0.200. The Labute approximate surface area is 155 Å². The van der Waals surface area contributed by atoms with E-state index >= 15 is 0 Å². The van der Waals surface area contributed by atoms with Gasteiger partial charge in [0.05, 0.1) is 17.1 Å². The molecule has 0 bridgehead atoms. The fourth-order valence-electron chi connectivity index (χ4n) is 3.14. The first kappa shape index (κ1) is 17.0. The summed E-state index contributed by atoms with van der Waals surface area (Å²) in [4.78, 5) is 28.0. The van der Waals surface area contributed by atoms with Crippen LogP contribution in [0.5, 0.6) is 0 Å². The molecule has 0 aliphatic carbocycles. The van der Waals surface area contributed by atoms with Crippen LogP contribution in [0.15, 0.2) is 53.3 Å². The molecule has 4 rings (SSSR count). The summed E-state index contributed by atoms with van der Waals surface area (Å²) in [6.07, 6.45) is 0.962. The molecule has 136 valence electrons. The van der Waals surface area contributed by atoms with Crippen molar-refractivity contribution < 1.29 is 4.79 Å². The number of aromatic amines is 1. The average molecular weight is 361 g/mol. The third kappa shape index (κ3) is 2.97. The van der Waals surface area contributed by atoms with Gasteiger partial charge in [-0.25, -0.2) is 4.52 Å². The minimum absolute atomic E-state index is 0.0130. The van der Waals surface area contributed by atoms with Crippen molar-refractivity contribution in [2.75, 3.05) is 0 Å². The molecule has 2 aromatic heterocycles. The molecule has 4 aromatic rings. The van der Waals surface area contributed by atoms with Crippen LogP contribution in [0.25, 0.3) is 16.6 Å². The van der Waals surface area contributed by atoms with Crippen molar-refractivity contribution >= 4 is 22.5 Å². The number of H-pyrrole nitrogens is 1. The van der Waals surface area contributed by atoms with E-state index in [1.807, 2.05) is 49.4 Å². The zero-order chi connectivity index (χ0) is 19.0. The number of amides is 1. The van der Waals surface area contributed by atoms with Crippen molar-refractivity contribution in [3.8, 4) is 0 Å². The van der Waals surface area contributed by atoms with Gasteiger partial charge < -0.3 is 10.3 Å². The fourth-order valence-corrected chi connectivity index (χ4v) is 3.14. The van der Waals surface area contributed by atoms with Crippen molar-refractivity contribution in [1.29, 1.82) is 0 Å². The van der Waals surface area contributed by atoms with E-state index in [2.05, 4.69) is 27.5 Å². The number of rotatable bonds is 4. The van der Waals surface area contributed by atoms with Gasteiger partial charge in [0.25, 0.3) is 11.5 Å². The number of aryl methyl sites for hydroxylation is 1. The minimum Gasteiger partial charge on any atom is -0.344 e. The van der Waals surface area contributed by atoms with Gasteiger partial charge in [0.2, 0.25) is 0 Å². The lowest BCUT2D eigenvalue weighted by Crippen LogP contribution is -2.28. The molecule has 0 fully saturated rings. The molecule has 2 N–H and O–H groups in total. The summed E-state index contributed by atoms with van der Waals surface area (Å²) in [6, 6.07) is 15.1. The maximum absolute atomic E-state index is 12.7. The molecule has 1 unspecified atom stereocenters. The van der Waals surface area contributed by atoms with E-state index in [-0.39, 0.29) is 17.3 Å². The molecule has 0 saturated carbocycles. The number of hydrogen-bond acceptors (Lipinski definition) is 4. The lowest BCUT2D eigenvalue weighted by Gasteiger charge is -2.14. The first-order valence-electron chi connectivity index (χ1n) is 8.84. The molecule has 0 aliphatic heterocycles. The van der Waals surface area contributed by atoms with Gasteiger partial charge in [-0.2, -0.15) is 0 Å². The van der Waals surface area contributed by atoms with Gasteiger partial charge in [0, 0.05) is 0 Å². The molecule has 27 heavy (non-hydrogen) atoms. The predicted octanol–water partition coefficient (Wildman–Crippen LogP) is 2.62. The van der Waals surface area contributed by atoms with Gasteiger partial charge in [-0.15, -0.1) is 5.10 Å². The van der Waals surface area contributed by atoms with E-state index in [4.69, 9.17) is 0 Å². The molecule has 0 radical (unpaired) electrons. The van der Waals surface area contributed by atoms with Crippen LogP contribution in [0, 0.1) is 0 Å². The largest absolute Gasteiger partial charge is 0.344 e. The third-order valence-corrected chi connectivity index (χ3v) is 4.72. The number of nitrogens with zero attached hydrogens (tertiary/aromatic N) is 3. The van der Waals surface area contributed by atoms with Crippen LogP contribution in [0.4, 0.5) is 0 Å². The number of para-hydroxylation sites is 2. The molecule has 1 atom stereocenters. The quantitative estimate of drug-likeness (QED) is 0.584. The van der Waals surface area contributed by atoms with Crippen molar-refractivity contribution in [3.05, 3.63) is 75.7 Å². The monoisotopic (exact) mass is 361 g/mol. The summed E-state index contributed by atoms with van der Waals surface area (Å²) in [5.41, 5.74) is 3.29. The summed E-state index contributed by atoms with van der Waals surface area (Å²) in [6.45, 7) is 3.99. The standard InChI is InChI=1S/C20H19N5O2/c1-3-13-8-10-14(11-9-13)12(2)21-19(26)17-18-20(27)22-15-6-4-5-7-16(15)25(18)24-23-17/h4-12H,3H2,1-2H3,(H,21,26)(H,22,27). The Bertz CT molecular complexity index is 1190. The van der Waals surface area contributed by atoms with Gasteiger partial charge in [-0.05, 0) is 36.6 Å². The van der Waals surface area contributed by atoms with E-state index in [1.54, 1.807) is 6.07 Å². The number of nitrogens with one attached hydrogen (secondary N) is 2. The summed E-state index contributed by atoms with van der Waals surface area (Å²) < 4.78 is 1.41. The molecule has 0 saturated heterocycles. The molecule has 2 aromatic carbocycles. The first-order valence-corrected chi connectivity index (χ1v) is 8.84. The third-order valence-electron chi connectivity index (χ3n) is 4.72. The summed E-state index contributed by atoms with van der Waals surface area (Å²) in [5.74, 6) is -0.433. The van der Waals surface area contributed by atoms with E-state index in [1.165, 1.54) is 10.1 Å². The Morgan fingerprint density at radius 2 is 1.93 bits per heavy atom. The number of aromatic nitrogens is 4. The minimum atomic E-state index is -0.433. The molecular formula is C20H19N5O2. The highest BCUT2D eigenvalue weighted by molar-refractivity contribution is 5.99. The van der Waals surface area contributed by atoms with Crippen LogP contribution in [0.3, 0.4) is 0 Å². The van der Waals surface area contributed by atoms with Crippen LogP contribution >= 0.6 is 0 Å². The van der Waals surface area contributed by atoms with Crippen molar-refractivity contribution in [2.45, 2.75) is 26.3 Å². The summed E-state index contributed by atoms with van der Waals surface area (Å²) in [7, 11) is 0. The number of carbonyl (C=O) groups excluding carboxylic acids is 1. The zero-order valence-corrected chi connectivity index (χ0v) is 15.1. The zero-order valence-electron chi connectivity index (χ0n) is 15.1. The second kappa shape index (κ2) is 6.68. The van der Waals surface area contributed by atoms with E-state index < -0.39 is 11.5 Å². The molecule has 2 heterocycles. The SMILES string of the molecule is CCc1ccc(C(C)NC(=O)c2nnn3c2c(=O)[nH]c2ccccc23)cc1. The molecular weight excluding hydrogens is 342 g/mol. The van der Waals surface area contributed by atoms with Gasteiger partial charge in [0.1, 0.15) is 0 Å². The average Bonchev–Trinajstić information content (AvgIpc) is 3.14. The summed E-state index contributed by atoms with van der Waals surface area (Å²) >= 11 is 0. The van der Waals surface area contributed by atoms with Crippen LogP contribution in [0.1, 0.15) is 41.5 Å². The molecule has 0 aliphatic rings. The Kier molecular flexibility index (Phi) is 4.19. The van der Waals surface area contributed by atoms with Crippen LogP contribution in [0.2, 0.25) is 0 Å². The lowest BCUT2D eigenvalue weighted by atomic mass is 10.0. The second-order valence-corrected chi connectivity index (χ2v) is 6.46. The molecule has 7 nitrogen and oxygen atoms in total. The number of carbonyl (C=O) groups is 1. The number of fused-ring (bicyclic) bond motifs is 3. The second-order valence-electron chi connectivity index (χ2n) is 6.46. The first-order chi connectivity index (χ1) is 13.1. The van der Waals surface area contributed by atoms with Crippen molar-refractivity contribution in [2.24, 2.45) is 0 Å². The van der Waals surface area contributed by atoms with Gasteiger partial charge in [-0.1, -0.05) is 48.5 Å². The van der Waals surface area contributed by atoms with Crippen molar-refractivity contribution in [3.63, 3.8) is 0 Å². The number of benzene rings is 2. The number of hydrogen-bond donors (Lipinski definition) is 2. The van der Waals surface area contributed by atoms with Crippen LogP contribution < -0.4 is 10.9 Å². The lowest BCUT2D eigenvalue weighted by molar-refractivity contribution is 0.0936. The van der Waals surface area contributed by atoms with Crippen molar-refractivity contribution in [1.82, 2.24) is 25.1 Å². The molecule has 0 spiro atoms. The smallest absolute Gasteiger partial charge is 0.277 e. The predicted molar refractivity (Wildman–Crippen MR) is 103 cm³/mol. The van der Waals surface area contributed by atoms with Crippen LogP contribution in [-0.2, 0) is 6.42 Å². The summed E-state index contributed by atoms with van der Waals surface area (Å²) in [5, 5.41) is 10.9. The Balaban J connectivity index is 1.68. The Morgan fingerprint density at radius 1 is 1.19 bits per heavy atom. The normalized spacial score (nSPS) is 12.4. The molecule has 1 amide bonds. The highest BCUT2D eigenvalue weighted by Gasteiger charge is 2.21. The maximum atomic E-state index is 12.7.